The van der Waals surface area contributed by atoms with Crippen molar-refractivity contribution in [1.82, 2.24) is 0 Å². The lowest BCUT2D eigenvalue weighted by Crippen LogP contribution is -2.00. The predicted molar refractivity (Wildman–Crippen MR) is 75.9 cm³/mol. The Hall–Kier alpha value is -0.960. The van der Waals surface area contributed by atoms with E-state index in [9.17, 15) is 4.79 Å². The zero-order valence-corrected chi connectivity index (χ0v) is 11.4. The van der Waals surface area contributed by atoms with Crippen LogP contribution in [-0.2, 0) is 17.0 Å². The van der Waals surface area contributed by atoms with Crippen LogP contribution >= 0.6 is 11.8 Å². The van der Waals surface area contributed by atoms with Gasteiger partial charge in [-0.25, -0.2) is 0 Å². The SMILES string of the molecule is O=C(O)Cc1ccc(CSCC2CCCC2)cc1. The lowest BCUT2D eigenvalue weighted by atomic mass is 10.1. The third kappa shape index (κ3) is 4.37. The molecule has 0 bridgehead atoms. The second-order valence-corrected chi connectivity index (χ2v) is 6.08. The molecule has 1 N–H and O–H groups in total. The van der Waals surface area contributed by atoms with Crippen molar-refractivity contribution in [1.29, 1.82) is 0 Å². The largest absolute Gasteiger partial charge is 0.481 e. The summed E-state index contributed by atoms with van der Waals surface area (Å²) >= 11 is 2.01. The number of thioether (sulfide) groups is 1. The molecule has 1 aromatic rings. The molecule has 1 fully saturated rings. The van der Waals surface area contributed by atoms with E-state index in [2.05, 4.69) is 12.1 Å². The van der Waals surface area contributed by atoms with Crippen molar-refractivity contribution in [2.75, 3.05) is 5.75 Å². The van der Waals surface area contributed by atoms with Gasteiger partial charge in [-0.3, -0.25) is 4.79 Å². The lowest BCUT2D eigenvalue weighted by Gasteiger charge is -2.08. The van der Waals surface area contributed by atoms with Gasteiger partial charge in [0.15, 0.2) is 0 Å². The van der Waals surface area contributed by atoms with Gasteiger partial charge in [0, 0.05) is 5.75 Å². The van der Waals surface area contributed by atoms with Crippen LogP contribution in [0.2, 0.25) is 0 Å². The number of benzene rings is 1. The molecule has 0 amide bonds. The Morgan fingerprint density at radius 2 is 1.78 bits per heavy atom. The van der Waals surface area contributed by atoms with Crippen molar-refractivity contribution in [3.63, 3.8) is 0 Å². The van der Waals surface area contributed by atoms with Crippen molar-refractivity contribution >= 4 is 17.7 Å². The summed E-state index contributed by atoms with van der Waals surface area (Å²) in [7, 11) is 0. The smallest absolute Gasteiger partial charge is 0.307 e. The molecule has 0 unspecified atom stereocenters. The average Bonchev–Trinajstić information content (AvgIpc) is 2.84. The maximum Gasteiger partial charge on any atom is 0.307 e. The number of carboxylic acids is 1. The van der Waals surface area contributed by atoms with E-state index in [-0.39, 0.29) is 6.42 Å². The Balaban J connectivity index is 1.73. The molecular formula is C15H20O2S. The van der Waals surface area contributed by atoms with E-state index in [1.54, 1.807) is 0 Å². The first-order chi connectivity index (χ1) is 8.74. The lowest BCUT2D eigenvalue weighted by molar-refractivity contribution is -0.136. The molecule has 2 nitrogen and oxygen atoms in total. The van der Waals surface area contributed by atoms with Crippen LogP contribution in [0, 0.1) is 5.92 Å². The van der Waals surface area contributed by atoms with Crippen LogP contribution in [0.15, 0.2) is 24.3 Å². The standard InChI is InChI=1S/C15H20O2S/c16-15(17)9-12-5-7-14(8-6-12)11-18-10-13-3-1-2-4-13/h5-8,13H,1-4,9-11H2,(H,16,17). The zero-order valence-electron chi connectivity index (χ0n) is 10.6. The molecule has 1 aromatic carbocycles. The van der Waals surface area contributed by atoms with Crippen LogP contribution in [0.3, 0.4) is 0 Å². The molecule has 0 heterocycles. The number of aliphatic carboxylic acids is 1. The molecule has 1 aliphatic carbocycles. The molecule has 0 atom stereocenters. The normalized spacial score (nSPS) is 16.0. The van der Waals surface area contributed by atoms with E-state index in [0.717, 1.165) is 17.2 Å². The van der Waals surface area contributed by atoms with E-state index < -0.39 is 5.97 Å². The van der Waals surface area contributed by atoms with Gasteiger partial charge in [0.25, 0.3) is 0 Å². The fourth-order valence-corrected chi connectivity index (χ4v) is 3.66. The third-order valence-electron chi connectivity index (χ3n) is 3.48. The summed E-state index contributed by atoms with van der Waals surface area (Å²) in [6.07, 6.45) is 5.76. The van der Waals surface area contributed by atoms with E-state index in [1.165, 1.54) is 37.0 Å². The van der Waals surface area contributed by atoms with Gasteiger partial charge in [-0.2, -0.15) is 11.8 Å². The number of carboxylic acid groups (broad SMARTS) is 1. The molecule has 0 aromatic heterocycles. The van der Waals surface area contributed by atoms with Gasteiger partial charge in [-0.1, -0.05) is 37.1 Å². The summed E-state index contributed by atoms with van der Waals surface area (Å²) in [5.74, 6) is 2.49. The average molecular weight is 264 g/mol. The quantitative estimate of drug-likeness (QED) is 0.850. The molecular weight excluding hydrogens is 244 g/mol. The summed E-state index contributed by atoms with van der Waals surface area (Å²) in [6, 6.07) is 7.97. The second kappa shape index (κ2) is 6.83. The summed E-state index contributed by atoms with van der Waals surface area (Å²) < 4.78 is 0. The van der Waals surface area contributed by atoms with Crippen molar-refractivity contribution in [3.05, 3.63) is 35.4 Å². The maximum absolute atomic E-state index is 10.6. The van der Waals surface area contributed by atoms with Crippen LogP contribution in [0.25, 0.3) is 0 Å². The number of carbonyl (C=O) groups is 1. The topological polar surface area (TPSA) is 37.3 Å². The fraction of sp³-hybridized carbons (Fsp3) is 0.533. The molecule has 98 valence electrons. The minimum atomic E-state index is -0.765. The first-order valence-electron chi connectivity index (χ1n) is 6.61. The third-order valence-corrected chi connectivity index (χ3v) is 4.72. The van der Waals surface area contributed by atoms with Crippen LogP contribution in [0.4, 0.5) is 0 Å². The Bertz CT molecular complexity index is 380. The fourth-order valence-electron chi connectivity index (χ4n) is 2.45. The van der Waals surface area contributed by atoms with E-state index >= 15 is 0 Å². The Morgan fingerprint density at radius 3 is 2.39 bits per heavy atom. The Labute approximate surface area is 113 Å². The van der Waals surface area contributed by atoms with Crippen LogP contribution in [0.5, 0.6) is 0 Å². The van der Waals surface area contributed by atoms with Gasteiger partial charge in [0.2, 0.25) is 0 Å². The van der Waals surface area contributed by atoms with Gasteiger partial charge in [0.05, 0.1) is 6.42 Å². The molecule has 0 spiro atoms. The molecule has 0 aliphatic heterocycles. The van der Waals surface area contributed by atoms with Gasteiger partial charge >= 0.3 is 5.97 Å². The Kier molecular flexibility index (Phi) is 5.12. The van der Waals surface area contributed by atoms with Gasteiger partial charge in [-0.15, -0.1) is 0 Å². The monoisotopic (exact) mass is 264 g/mol. The molecule has 3 heteroatoms. The minimum Gasteiger partial charge on any atom is -0.481 e. The predicted octanol–water partition coefficient (Wildman–Crippen LogP) is 3.74. The number of hydrogen-bond acceptors (Lipinski definition) is 2. The molecule has 2 rings (SSSR count). The highest BCUT2D eigenvalue weighted by Gasteiger charge is 2.14. The van der Waals surface area contributed by atoms with E-state index in [4.69, 9.17) is 5.11 Å². The van der Waals surface area contributed by atoms with Gasteiger partial charge < -0.3 is 5.11 Å². The van der Waals surface area contributed by atoms with E-state index in [0.29, 0.717) is 0 Å². The summed E-state index contributed by atoms with van der Waals surface area (Å²) in [5.41, 5.74) is 2.18. The van der Waals surface area contributed by atoms with Crippen molar-refractivity contribution in [3.8, 4) is 0 Å². The first kappa shape index (κ1) is 13.5. The summed E-state index contributed by atoms with van der Waals surface area (Å²) in [6.45, 7) is 0. The minimum absolute atomic E-state index is 0.121. The van der Waals surface area contributed by atoms with Crippen molar-refractivity contribution in [2.24, 2.45) is 5.92 Å². The summed E-state index contributed by atoms with van der Waals surface area (Å²) in [5, 5.41) is 8.69. The van der Waals surface area contributed by atoms with Crippen molar-refractivity contribution in [2.45, 2.75) is 37.9 Å². The highest BCUT2D eigenvalue weighted by Crippen LogP contribution is 2.29. The summed E-state index contributed by atoms with van der Waals surface area (Å²) in [4.78, 5) is 10.6. The number of rotatable bonds is 6. The van der Waals surface area contributed by atoms with Crippen LogP contribution in [0.1, 0.15) is 36.8 Å². The molecule has 1 saturated carbocycles. The van der Waals surface area contributed by atoms with Crippen LogP contribution in [-0.4, -0.2) is 16.8 Å². The molecule has 1 aliphatic rings. The highest BCUT2D eigenvalue weighted by molar-refractivity contribution is 7.98. The van der Waals surface area contributed by atoms with Gasteiger partial charge in [0.1, 0.15) is 0 Å². The molecule has 18 heavy (non-hydrogen) atoms. The van der Waals surface area contributed by atoms with Crippen LogP contribution < -0.4 is 0 Å². The Morgan fingerprint density at radius 1 is 1.17 bits per heavy atom. The van der Waals surface area contributed by atoms with Crippen molar-refractivity contribution < 1.29 is 9.90 Å². The zero-order chi connectivity index (χ0) is 12.8. The molecule has 0 saturated heterocycles. The van der Waals surface area contributed by atoms with E-state index in [1.807, 2.05) is 23.9 Å². The maximum atomic E-state index is 10.6. The first-order valence-corrected chi connectivity index (χ1v) is 7.77. The number of hydrogen-bond donors (Lipinski definition) is 1. The highest BCUT2D eigenvalue weighted by atomic mass is 32.2. The molecule has 0 radical (unpaired) electrons. The second-order valence-electron chi connectivity index (χ2n) is 5.05. The van der Waals surface area contributed by atoms with Gasteiger partial charge in [-0.05, 0) is 35.6 Å².